The van der Waals surface area contributed by atoms with E-state index in [1.54, 1.807) is 18.9 Å². The van der Waals surface area contributed by atoms with E-state index in [-0.39, 0.29) is 5.91 Å². The molecule has 1 saturated heterocycles. The standard InChI is InChI=1S/C22H27NO2S/c1-25-15-16-26-21-10-6-5-9-20(21)22(24)23-13-11-19(12-14-23)17-18-7-3-2-4-8-18/h2-10,19H,11-17H2,1H3. The van der Waals surface area contributed by atoms with E-state index < -0.39 is 0 Å². The number of thioether (sulfide) groups is 1. The van der Waals surface area contributed by atoms with Crippen LogP contribution in [0.5, 0.6) is 0 Å². The second kappa shape index (κ2) is 9.79. The van der Waals surface area contributed by atoms with Gasteiger partial charge in [0.25, 0.3) is 5.91 Å². The fourth-order valence-corrected chi connectivity index (χ4v) is 4.42. The maximum Gasteiger partial charge on any atom is 0.254 e. The second-order valence-electron chi connectivity index (χ2n) is 6.76. The molecule has 0 radical (unpaired) electrons. The molecular weight excluding hydrogens is 342 g/mol. The van der Waals surface area contributed by atoms with Crippen LogP contribution < -0.4 is 0 Å². The highest BCUT2D eigenvalue weighted by Crippen LogP contribution is 2.27. The molecule has 0 unspecified atom stereocenters. The molecule has 0 aliphatic carbocycles. The molecule has 0 spiro atoms. The number of hydrogen-bond donors (Lipinski definition) is 0. The largest absolute Gasteiger partial charge is 0.384 e. The number of nitrogens with zero attached hydrogens (tertiary/aromatic N) is 1. The van der Waals surface area contributed by atoms with Crippen molar-refractivity contribution in [1.82, 2.24) is 4.90 Å². The van der Waals surface area contributed by atoms with Gasteiger partial charge in [0.2, 0.25) is 0 Å². The van der Waals surface area contributed by atoms with E-state index in [2.05, 4.69) is 30.3 Å². The molecule has 1 heterocycles. The minimum absolute atomic E-state index is 0.170. The topological polar surface area (TPSA) is 29.5 Å². The molecule has 0 aromatic heterocycles. The number of ether oxygens (including phenoxy) is 1. The molecule has 1 aliphatic heterocycles. The third-order valence-corrected chi connectivity index (χ3v) is 5.97. The first-order valence-electron chi connectivity index (χ1n) is 9.32. The van der Waals surface area contributed by atoms with Gasteiger partial charge in [0, 0.05) is 30.8 Å². The summed E-state index contributed by atoms with van der Waals surface area (Å²) in [5, 5.41) is 0. The van der Waals surface area contributed by atoms with Crippen LogP contribution in [0.15, 0.2) is 59.5 Å². The summed E-state index contributed by atoms with van der Waals surface area (Å²) in [7, 11) is 1.71. The summed E-state index contributed by atoms with van der Waals surface area (Å²) in [5.41, 5.74) is 2.23. The van der Waals surface area contributed by atoms with Crippen LogP contribution in [0.3, 0.4) is 0 Å². The van der Waals surface area contributed by atoms with Gasteiger partial charge in [0.15, 0.2) is 0 Å². The van der Waals surface area contributed by atoms with E-state index in [1.807, 2.05) is 29.2 Å². The summed E-state index contributed by atoms with van der Waals surface area (Å²) < 4.78 is 5.12. The van der Waals surface area contributed by atoms with Gasteiger partial charge in [-0.1, -0.05) is 42.5 Å². The Kier molecular flexibility index (Phi) is 7.15. The predicted octanol–water partition coefficient (Wildman–Crippen LogP) is 4.52. The maximum atomic E-state index is 13.0. The fourth-order valence-electron chi connectivity index (χ4n) is 3.46. The predicted molar refractivity (Wildman–Crippen MR) is 108 cm³/mol. The molecular formula is C22H27NO2S. The smallest absolute Gasteiger partial charge is 0.254 e. The fraction of sp³-hybridized carbons (Fsp3) is 0.409. The van der Waals surface area contributed by atoms with Gasteiger partial charge in [-0.2, -0.15) is 0 Å². The Morgan fingerprint density at radius 1 is 1.08 bits per heavy atom. The molecule has 2 aromatic rings. The number of methoxy groups -OCH3 is 1. The summed E-state index contributed by atoms with van der Waals surface area (Å²) in [6.07, 6.45) is 3.28. The summed E-state index contributed by atoms with van der Waals surface area (Å²) >= 11 is 1.69. The number of amides is 1. The van der Waals surface area contributed by atoms with Crippen LogP contribution in [-0.2, 0) is 11.2 Å². The highest BCUT2D eigenvalue weighted by molar-refractivity contribution is 7.99. The number of likely N-dealkylation sites (tertiary alicyclic amines) is 1. The molecule has 1 amide bonds. The first-order chi connectivity index (χ1) is 12.8. The molecule has 4 heteroatoms. The number of hydrogen-bond acceptors (Lipinski definition) is 3. The minimum Gasteiger partial charge on any atom is -0.384 e. The van der Waals surface area contributed by atoms with Crippen LogP contribution in [-0.4, -0.2) is 43.4 Å². The lowest BCUT2D eigenvalue weighted by Gasteiger charge is -2.32. The Bertz CT molecular complexity index is 696. The molecule has 26 heavy (non-hydrogen) atoms. The number of carbonyl (C=O) groups is 1. The van der Waals surface area contributed by atoms with E-state index in [1.165, 1.54) is 5.56 Å². The van der Waals surface area contributed by atoms with Crippen molar-refractivity contribution in [1.29, 1.82) is 0 Å². The van der Waals surface area contributed by atoms with Crippen molar-refractivity contribution in [3.8, 4) is 0 Å². The Labute approximate surface area is 160 Å². The summed E-state index contributed by atoms with van der Waals surface area (Å²) in [6, 6.07) is 18.6. The maximum absolute atomic E-state index is 13.0. The Hall–Kier alpha value is -1.78. The Morgan fingerprint density at radius 2 is 1.77 bits per heavy atom. The molecule has 0 saturated carbocycles. The highest BCUT2D eigenvalue weighted by atomic mass is 32.2. The van der Waals surface area contributed by atoms with E-state index in [0.29, 0.717) is 12.5 Å². The molecule has 1 fully saturated rings. The van der Waals surface area contributed by atoms with Gasteiger partial charge >= 0.3 is 0 Å². The third-order valence-electron chi connectivity index (χ3n) is 4.93. The number of rotatable bonds is 7. The molecule has 3 rings (SSSR count). The lowest BCUT2D eigenvalue weighted by Crippen LogP contribution is -2.39. The van der Waals surface area contributed by atoms with Gasteiger partial charge < -0.3 is 9.64 Å². The number of piperidine rings is 1. The Balaban J connectivity index is 1.57. The molecule has 138 valence electrons. The van der Waals surface area contributed by atoms with Crippen LogP contribution >= 0.6 is 11.8 Å². The zero-order chi connectivity index (χ0) is 18.2. The number of carbonyl (C=O) groups excluding carboxylic acids is 1. The normalized spacial score (nSPS) is 15.2. The number of benzene rings is 2. The van der Waals surface area contributed by atoms with Gasteiger partial charge in [0.05, 0.1) is 12.2 Å². The molecule has 3 nitrogen and oxygen atoms in total. The van der Waals surface area contributed by atoms with Gasteiger partial charge in [0.1, 0.15) is 0 Å². The summed E-state index contributed by atoms with van der Waals surface area (Å²) in [4.78, 5) is 16.1. The molecule has 1 aliphatic rings. The van der Waals surface area contributed by atoms with Crippen LogP contribution in [0.25, 0.3) is 0 Å². The van der Waals surface area contributed by atoms with E-state index in [0.717, 1.165) is 48.6 Å². The van der Waals surface area contributed by atoms with Crippen LogP contribution in [0.4, 0.5) is 0 Å². The van der Waals surface area contributed by atoms with E-state index in [4.69, 9.17) is 4.74 Å². The monoisotopic (exact) mass is 369 g/mol. The minimum atomic E-state index is 0.170. The third kappa shape index (κ3) is 5.12. The zero-order valence-corrected chi connectivity index (χ0v) is 16.2. The molecule has 0 N–H and O–H groups in total. The van der Waals surface area contributed by atoms with Crippen molar-refractivity contribution in [3.63, 3.8) is 0 Å². The van der Waals surface area contributed by atoms with Crippen molar-refractivity contribution < 1.29 is 9.53 Å². The van der Waals surface area contributed by atoms with Crippen LogP contribution in [0.2, 0.25) is 0 Å². The lowest BCUT2D eigenvalue weighted by molar-refractivity contribution is 0.0687. The second-order valence-corrected chi connectivity index (χ2v) is 7.90. The average Bonchev–Trinajstić information content (AvgIpc) is 2.69. The molecule has 0 atom stereocenters. The van der Waals surface area contributed by atoms with Gasteiger partial charge in [-0.05, 0) is 42.9 Å². The summed E-state index contributed by atoms with van der Waals surface area (Å²) in [5.74, 6) is 1.70. The van der Waals surface area contributed by atoms with Crippen LogP contribution in [0.1, 0.15) is 28.8 Å². The van der Waals surface area contributed by atoms with Crippen molar-refractivity contribution in [2.75, 3.05) is 32.6 Å². The quantitative estimate of drug-likeness (QED) is 0.531. The van der Waals surface area contributed by atoms with Crippen molar-refractivity contribution in [3.05, 3.63) is 65.7 Å². The molecule has 2 aromatic carbocycles. The van der Waals surface area contributed by atoms with E-state index >= 15 is 0 Å². The van der Waals surface area contributed by atoms with E-state index in [9.17, 15) is 4.79 Å². The lowest BCUT2D eigenvalue weighted by atomic mass is 9.90. The van der Waals surface area contributed by atoms with Crippen molar-refractivity contribution in [2.45, 2.75) is 24.2 Å². The first kappa shape index (κ1) is 19.0. The Morgan fingerprint density at radius 3 is 2.50 bits per heavy atom. The van der Waals surface area contributed by atoms with Gasteiger partial charge in [-0.3, -0.25) is 4.79 Å². The molecule has 0 bridgehead atoms. The van der Waals surface area contributed by atoms with Gasteiger partial charge in [-0.25, -0.2) is 0 Å². The summed E-state index contributed by atoms with van der Waals surface area (Å²) in [6.45, 7) is 2.40. The first-order valence-corrected chi connectivity index (χ1v) is 10.3. The van der Waals surface area contributed by atoms with Crippen molar-refractivity contribution in [2.24, 2.45) is 5.92 Å². The van der Waals surface area contributed by atoms with Gasteiger partial charge in [-0.15, -0.1) is 11.8 Å². The van der Waals surface area contributed by atoms with Crippen LogP contribution in [0, 0.1) is 5.92 Å². The highest BCUT2D eigenvalue weighted by Gasteiger charge is 2.25. The SMILES string of the molecule is COCCSc1ccccc1C(=O)N1CCC(Cc2ccccc2)CC1. The average molecular weight is 370 g/mol. The zero-order valence-electron chi connectivity index (χ0n) is 15.4. The van der Waals surface area contributed by atoms with Crippen molar-refractivity contribution >= 4 is 17.7 Å².